The van der Waals surface area contributed by atoms with E-state index in [-0.39, 0.29) is 11.9 Å². The van der Waals surface area contributed by atoms with Gasteiger partial charge in [0.2, 0.25) is 5.91 Å². The van der Waals surface area contributed by atoms with Crippen molar-refractivity contribution in [2.45, 2.75) is 25.6 Å². The van der Waals surface area contributed by atoms with Gasteiger partial charge < -0.3 is 5.32 Å². The van der Waals surface area contributed by atoms with Crippen molar-refractivity contribution in [3.63, 3.8) is 0 Å². The topological polar surface area (TPSA) is 29.1 Å². The third kappa shape index (κ3) is 5.58. The number of hydrogen-bond acceptors (Lipinski definition) is 3. The molecule has 1 amide bonds. The lowest BCUT2D eigenvalue weighted by atomic mass is 10.4. The molecule has 0 aliphatic carbocycles. The summed E-state index contributed by atoms with van der Waals surface area (Å²) in [6.07, 6.45) is 0. The average Bonchev–Trinajstić information content (AvgIpc) is 2.50. The maximum absolute atomic E-state index is 11.3. The van der Waals surface area contributed by atoms with Crippen LogP contribution in [0.5, 0.6) is 0 Å². The second kappa shape index (κ2) is 6.55. The number of nitrogens with one attached hydrogen (secondary N) is 1. The fraction of sp³-hybridized carbons (Fsp3) is 0.500. The molecule has 1 aromatic rings. The Morgan fingerprint density at radius 1 is 1.67 bits per heavy atom. The van der Waals surface area contributed by atoms with Gasteiger partial charge >= 0.3 is 0 Å². The van der Waals surface area contributed by atoms with Gasteiger partial charge in [-0.05, 0) is 46.8 Å². The predicted octanol–water partition coefficient (Wildman–Crippen LogP) is 3.27. The lowest BCUT2D eigenvalue weighted by Gasteiger charge is -2.07. The Kier molecular flexibility index (Phi) is 5.71. The lowest BCUT2D eigenvalue weighted by molar-refractivity contribution is -0.119. The van der Waals surface area contributed by atoms with Gasteiger partial charge in [0, 0.05) is 11.8 Å². The molecule has 0 aliphatic rings. The second-order valence-corrected chi connectivity index (χ2v) is 6.75. The Bertz CT molecular complexity index is 325. The largest absolute Gasteiger partial charge is 0.353 e. The van der Waals surface area contributed by atoms with Gasteiger partial charge in [-0.15, -0.1) is 23.1 Å². The smallest absolute Gasteiger partial charge is 0.230 e. The molecule has 1 rings (SSSR count). The highest BCUT2D eigenvalue weighted by molar-refractivity contribution is 9.11. The standard InChI is InChI=1S/C10H14BrNOS2/c1-7(2)12-10(13)6-14-4-8-3-9(11)15-5-8/h3,5,7H,4,6H2,1-2H3,(H,12,13). The fourth-order valence-electron chi connectivity index (χ4n) is 1.05. The minimum absolute atomic E-state index is 0.115. The van der Waals surface area contributed by atoms with E-state index in [1.807, 2.05) is 13.8 Å². The second-order valence-electron chi connectivity index (χ2n) is 3.47. The van der Waals surface area contributed by atoms with Crippen LogP contribution in [0.1, 0.15) is 19.4 Å². The molecular formula is C10H14BrNOS2. The van der Waals surface area contributed by atoms with E-state index in [0.717, 1.165) is 9.54 Å². The molecule has 0 fully saturated rings. The van der Waals surface area contributed by atoms with E-state index in [1.54, 1.807) is 23.1 Å². The van der Waals surface area contributed by atoms with E-state index in [0.29, 0.717) is 5.75 Å². The molecule has 84 valence electrons. The van der Waals surface area contributed by atoms with Crippen LogP contribution in [-0.4, -0.2) is 17.7 Å². The van der Waals surface area contributed by atoms with Crippen LogP contribution in [0.2, 0.25) is 0 Å². The van der Waals surface area contributed by atoms with E-state index in [4.69, 9.17) is 0 Å². The molecule has 0 bridgehead atoms. The summed E-state index contributed by atoms with van der Waals surface area (Å²) in [4.78, 5) is 11.3. The first-order valence-corrected chi connectivity index (χ1v) is 7.50. The van der Waals surface area contributed by atoms with Gasteiger partial charge in [-0.25, -0.2) is 0 Å². The van der Waals surface area contributed by atoms with Crippen LogP contribution in [0.3, 0.4) is 0 Å². The maximum atomic E-state index is 11.3. The molecule has 0 atom stereocenters. The maximum Gasteiger partial charge on any atom is 0.230 e. The number of thiophene rings is 1. The zero-order chi connectivity index (χ0) is 11.3. The van der Waals surface area contributed by atoms with Gasteiger partial charge in [0.05, 0.1) is 9.54 Å². The third-order valence-electron chi connectivity index (χ3n) is 1.57. The molecule has 0 unspecified atom stereocenters. The Balaban J connectivity index is 2.19. The van der Waals surface area contributed by atoms with Gasteiger partial charge in [-0.1, -0.05) is 0 Å². The van der Waals surface area contributed by atoms with Crippen molar-refractivity contribution in [2.75, 3.05) is 5.75 Å². The van der Waals surface area contributed by atoms with Crippen molar-refractivity contribution in [3.8, 4) is 0 Å². The van der Waals surface area contributed by atoms with E-state index >= 15 is 0 Å². The average molecular weight is 308 g/mol. The number of halogens is 1. The predicted molar refractivity (Wildman–Crippen MR) is 71.5 cm³/mol. The molecule has 1 aromatic heterocycles. The van der Waals surface area contributed by atoms with Crippen LogP contribution in [0.25, 0.3) is 0 Å². The van der Waals surface area contributed by atoms with E-state index in [9.17, 15) is 4.79 Å². The molecule has 2 nitrogen and oxygen atoms in total. The first-order chi connectivity index (χ1) is 7.08. The lowest BCUT2D eigenvalue weighted by Crippen LogP contribution is -2.31. The molecule has 0 aromatic carbocycles. The minimum Gasteiger partial charge on any atom is -0.353 e. The number of rotatable bonds is 5. The molecule has 1 heterocycles. The first kappa shape index (κ1) is 13.1. The molecule has 5 heteroatoms. The summed E-state index contributed by atoms with van der Waals surface area (Å²) in [7, 11) is 0. The van der Waals surface area contributed by atoms with Gasteiger partial charge in [0.1, 0.15) is 0 Å². The van der Waals surface area contributed by atoms with Crippen molar-refractivity contribution in [3.05, 3.63) is 20.8 Å². The van der Waals surface area contributed by atoms with Crippen LogP contribution in [0, 0.1) is 0 Å². The van der Waals surface area contributed by atoms with Crippen LogP contribution < -0.4 is 5.32 Å². The molecule has 0 radical (unpaired) electrons. The Labute approximate surface area is 107 Å². The van der Waals surface area contributed by atoms with Gasteiger partial charge in [-0.3, -0.25) is 4.79 Å². The summed E-state index contributed by atoms with van der Waals surface area (Å²) >= 11 is 6.74. The molecule has 0 saturated heterocycles. The highest BCUT2D eigenvalue weighted by Crippen LogP contribution is 2.23. The molecule has 15 heavy (non-hydrogen) atoms. The van der Waals surface area contributed by atoms with Crippen LogP contribution >= 0.6 is 39.0 Å². The van der Waals surface area contributed by atoms with Crippen molar-refractivity contribution in [2.24, 2.45) is 0 Å². The van der Waals surface area contributed by atoms with Crippen LogP contribution in [0.4, 0.5) is 0 Å². The highest BCUT2D eigenvalue weighted by atomic mass is 79.9. The normalized spacial score (nSPS) is 10.7. The van der Waals surface area contributed by atoms with Crippen molar-refractivity contribution in [1.29, 1.82) is 0 Å². The Morgan fingerprint density at radius 2 is 2.40 bits per heavy atom. The number of thioether (sulfide) groups is 1. The Hall–Kier alpha value is -0.000000000000000111. The molecular weight excluding hydrogens is 294 g/mol. The van der Waals surface area contributed by atoms with Crippen molar-refractivity contribution >= 4 is 44.9 Å². The summed E-state index contributed by atoms with van der Waals surface area (Å²) in [6.45, 7) is 3.94. The monoisotopic (exact) mass is 307 g/mol. The number of amides is 1. The summed E-state index contributed by atoms with van der Waals surface area (Å²) in [5, 5.41) is 4.98. The quantitative estimate of drug-likeness (QED) is 0.904. The zero-order valence-corrected chi connectivity index (χ0v) is 12.0. The van der Waals surface area contributed by atoms with Crippen molar-refractivity contribution < 1.29 is 4.79 Å². The first-order valence-electron chi connectivity index (χ1n) is 4.68. The fourth-order valence-corrected chi connectivity index (χ4v) is 3.13. The van der Waals surface area contributed by atoms with Crippen LogP contribution in [-0.2, 0) is 10.5 Å². The van der Waals surface area contributed by atoms with Gasteiger partial charge in [0.15, 0.2) is 0 Å². The molecule has 0 saturated carbocycles. The molecule has 1 N–H and O–H groups in total. The Morgan fingerprint density at radius 3 is 2.93 bits per heavy atom. The van der Waals surface area contributed by atoms with Gasteiger partial charge in [0.25, 0.3) is 0 Å². The van der Waals surface area contributed by atoms with E-state index in [1.165, 1.54) is 5.56 Å². The summed E-state index contributed by atoms with van der Waals surface area (Å²) < 4.78 is 1.14. The zero-order valence-electron chi connectivity index (χ0n) is 8.75. The number of hydrogen-bond donors (Lipinski definition) is 1. The van der Waals surface area contributed by atoms with E-state index in [2.05, 4.69) is 32.7 Å². The molecule has 0 aliphatic heterocycles. The highest BCUT2D eigenvalue weighted by Gasteiger charge is 2.04. The van der Waals surface area contributed by atoms with Gasteiger partial charge in [-0.2, -0.15) is 0 Å². The third-order valence-corrected chi connectivity index (χ3v) is 4.13. The minimum atomic E-state index is 0.115. The summed E-state index contributed by atoms with van der Waals surface area (Å²) in [6, 6.07) is 2.33. The SMILES string of the molecule is CC(C)NC(=O)CSCc1csc(Br)c1. The van der Waals surface area contributed by atoms with Crippen molar-refractivity contribution in [1.82, 2.24) is 5.32 Å². The summed E-state index contributed by atoms with van der Waals surface area (Å²) in [5.74, 6) is 1.54. The van der Waals surface area contributed by atoms with E-state index < -0.39 is 0 Å². The molecule has 0 spiro atoms. The summed E-state index contributed by atoms with van der Waals surface area (Å²) in [5.41, 5.74) is 1.27. The number of carbonyl (C=O) groups excluding carboxylic acids is 1. The van der Waals surface area contributed by atoms with Crippen LogP contribution in [0.15, 0.2) is 15.2 Å². The number of carbonyl (C=O) groups is 1.